The van der Waals surface area contributed by atoms with E-state index in [0.717, 1.165) is 13.1 Å². The highest BCUT2D eigenvalue weighted by molar-refractivity contribution is 5.79. The predicted molar refractivity (Wildman–Crippen MR) is 80.2 cm³/mol. The van der Waals surface area contributed by atoms with Crippen LogP contribution >= 0.6 is 0 Å². The normalized spacial score (nSPS) is 13.9. The molecule has 0 fully saturated rings. The molecule has 3 heteroatoms. The van der Waals surface area contributed by atoms with E-state index in [4.69, 9.17) is 0 Å². The summed E-state index contributed by atoms with van der Waals surface area (Å²) in [5, 5.41) is 6.29. The average molecular weight is 262 g/mol. The SMILES string of the molecule is CCNCC(C)C(=O)NC(C)c1ccc(C)cc1C. The lowest BCUT2D eigenvalue weighted by Crippen LogP contribution is -2.36. The number of benzene rings is 1. The van der Waals surface area contributed by atoms with Crippen LogP contribution in [0.3, 0.4) is 0 Å². The highest BCUT2D eigenvalue weighted by atomic mass is 16.1. The van der Waals surface area contributed by atoms with E-state index in [0.29, 0.717) is 0 Å². The molecule has 0 aliphatic carbocycles. The van der Waals surface area contributed by atoms with Crippen LogP contribution in [0, 0.1) is 19.8 Å². The Labute approximate surface area is 116 Å². The Kier molecular flexibility index (Phi) is 6.03. The van der Waals surface area contributed by atoms with Gasteiger partial charge in [0.2, 0.25) is 5.91 Å². The molecule has 106 valence electrons. The lowest BCUT2D eigenvalue weighted by atomic mass is 9.99. The van der Waals surface area contributed by atoms with Crippen molar-refractivity contribution >= 4 is 5.91 Å². The minimum Gasteiger partial charge on any atom is -0.349 e. The predicted octanol–water partition coefficient (Wildman–Crippen LogP) is 2.73. The molecule has 0 aliphatic rings. The van der Waals surface area contributed by atoms with Gasteiger partial charge in [-0.25, -0.2) is 0 Å². The first-order chi connectivity index (χ1) is 8.95. The molecule has 0 heterocycles. The molecule has 2 unspecified atom stereocenters. The van der Waals surface area contributed by atoms with E-state index < -0.39 is 0 Å². The zero-order valence-electron chi connectivity index (χ0n) is 12.7. The Bertz CT molecular complexity index is 429. The van der Waals surface area contributed by atoms with Crippen LogP contribution in [0.2, 0.25) is 0 Å². The largest absolute Gasteiger partial charge is 0.349 e. The maximum Gasteiger partial charge on any atom is 0.224 e. The van der Waals surface area contributed by atoms with Crippen LogP contribution in [-0.2, 0) is 4.79 Å². The molecule has 1 aromatic rings. The van der Waals surface area contributed by atoms with Gasteiger partial charge in [0, 0.05) is 12.5 Å². The van der Waals surface area contributed by atoms with Gasteiger partial charge in [0.15, 0.2) is 0 Å². The molecule has 3 nitrogen and oxygen atoms in total. The second-order valence-corrected chi connectivity index (χ2v) is 5.30. The van der Waals surface area contributed by atoms with Crippen molar-refractivity contribution in [2.24, 2.45) is 5.92 Å². The summed E-state index contributed by atoms with van der Waals surface area (Å²) >= 11 is 0. The van der Waals surface area contributed by atoms with Crippen LogP contribution < -0.4 is 10.6 Å². The third kappa shape index (κ3) is 4.67. The molecule has 2 atom stereocenters. The van der Waals surface area contributed by atoms with Crippen molar-refractivity contribution in [1.29, 1.82) is 0 Å². The van der Waals surface area contributed by atoms with Crippen LogP contribution in [-0.4, -0.2) is 19.0 Å². The molecule has 2 N–H and O–H groups in total. The molecule has 0 saturated carbocycles. The molecule has 0 aromatic heterocycles. The van der Waals surface area contributed by atoms with Gasteiger partial charge >= 0.3 is 0 Å². The fourth-order valence-electron chi connectivity index (χ4n) is 2.20. The minimum atomic E-state index is -0.00634. The molecular formula is C16H26N2O. The maximum atomic E-state index is 12.1. The second-order valence-electron chi connectivity index (χ2n) is 5.30. The van der Waals surface area contributed by atoms with E-state index in [-0.39, 0.29) is 17.9 Å². The summed E-state index contributed by atoms with van der Waals surface area (Å²) in [6.45, 7) is 11.8. The fraction of sp³-hybridized carbons (Fsp3) is 0.562. The molecule has 0 saturated heterocycles. The van der Waals surface area contributed by atoms with Gasteiger partial charge in [0.05, 0.1) is 6.04 Å². The number of carbonyl (C=O) groups is 1. The highest BCUT2D eigenvalue weighted by Crippen LogP contribution is 2.18. The summed E-state index contributed by atoms with van der Waals surface area (Å²) in [6.07, 6.45) is 0. The van der Waals surface area contributed by atoms with Gasteiger partial charge in [0.1, 0.15) is 0 Å². The molecular weight excluding hydrogens is 236 g/mol. The first-order valence-electron chi connectivity index (χ1n) is 7.04. The van der Waals surface area contributed by atoms with Gasteiger partial charge in [0.25, 0.3) is 0 Å². The number of rotatable bonds is 6. The molecule has 0 aliphatic heterocycles. The second kappa shape index (κ2) is 7.29. The molecule has 1 amide bonds. The summed E-state index contributed by atoms with van der Waals surface area (Å²) < 4.78 is 0. The van der Waals surface area contributed by atoms with Gasteiger partial charge < -0.3 is 10.6 Å². The average Bonchev–Trinajstić information content (AvgIpc) is 2.35. The summed E-state index contributed by atoms with van der Waals surface area (Å²) in [6, 6.07) is 6.40. The Morgan fingerprint density at radius 3 is 2.53 bits per heavy atom. The number of amides is 1. The number of carbonyl (C=O) groups excluding carboxylic acids is 1. The Balaban J connectivity index is 2.63. The lowest BCUT2D eigenvalue weighted by Gasteiger charge is -2.20. The smallest absolute Gasteiger partial charge is 0.224 e. The van der Waals surface area contributed by atoms with Gasteiger partial charge in [-0.3, -0.25) is 4.79 Å². The van der Waals surface area contributed by atoms with E-state index in [1.54, 1.807) is 0 Å². The van der Waals surface area contributed by atoms with Crippen molar-refractivity contribution in [3.8, 4) is 0 Å². The van der Waals surface area contributed by atoms with Crippen molar-refractivity contribution in [3.63, 3.8) is 0 Å². The van der Waals surface area contributed by atoms with Gasteiger partial charge in [-0.15, -0.1) is 0 Å². The molecule has 1 aromatic carbocycles. The standard InChI is InChI=1S/C16H26N2O/c1-6-17-10-13(4)16(19)18-14(5)15-8-7-11(2)9-12(15)3/h7-9,13-14,17H,6,10H2,1-5H3,(H,18,19). The number of aryl methyl sites for hydroxylation is 2. The topological polar surface area (TPSA) is 41.1 Å². The third-order valence-electron chi connectivity index (χ3n) is 3.40. The lowest BCUT2D eigenvalue weighted by molar-refractivity contribution is -0.125. The molecule has 1 rings (SSSR count). The maximum absolute atomic E-state index is 12.1. The van der Waals surface area contributed by atoms with E-state index in [9.17, 15) is 4.79 Å². The van der Waals surface area contributed by atoms with Crippen molar-refractivity contribution in [1.82, 2.24) is 10.6 Å². The van der Waals surface area contributed by atoms with Crippen molar-refractivity contribution < 1.29 is 4.79 Å². The number of hydrogen-bond acceptors (Lipinski definition) is 2. The van der Waals surface area contributed by atoms with Crippen LogP contribution in [0.5, 0.6) is 0 Å². The first-order valence-corrected chi connectivity index (χ1v) is 7.04. The van der Waals surface area contributed by atoms with Gasteiger partial charge in [-0.1, -0.05) is 37.6 Å². The van der Waals surface area contributed by atoms with Crippen LogP contribution in [0.15, 0.2) is 18.2 Å². The Morgan fingerprint density at radius 1 is 1.26 bits per heavy atom. The van der Waals surface area contributed by atoms with E-state index in [1.165, 1.54) is 16.7 Å². The summed E-state index contributed by atoms with van der Waals surface area (Å²) in [5.74, 6) is 0.0987. The van der Waals surface area contributed by atoms with Crippen molar-refractivity contribution in [2.45, 2.75) is 40.7 Å². The molecule has 0 spiro atoms. The van der Waals surface area contributed by atoms with E-state index in [2.05, 4.69) is 42.7 Å². The first kappa shape index (κ1) is 15.7. The fourth-order valence-corrected chi connectivity index (χ4v) is 2.20. The van der Waals surface area contributed by atoms with Crippen LogP contribution in [0.25, 0.3) is 0 Å². The highest BCUT2D eigenvalue weighted by Gasteiger charge is 2.16. The monoisotopic (exact) mass is 262 g/mol. The summed E-state index contributed by atoms with van der Waals surface area (Å²) in [5.41, 5.74) is 3.67. The Morgan fingerprint density at radius 2 is 1.95 bits per heavy atom. The molecule has 0 radical (unpaired) electrons. The van der Waals surface area contributed by atoms with E-state index >= 15 is 0 Å². The summed E-state index contributed by atoms with van der Waals surface area (Å²) in [4.78, 5) is 12.1. The number of hydrogen-bond donors (Lipinski definition) is 2. The van der Waals surface area contributed by atoms with Crippen molar-refractivity contribution in [2.75, 3.05) is 13.1 Å². The van der Waals surface area contributed by atoms with Gasteiger partial charge in [-0.2, -0.15) is 0 Å². The van der Waals surface area contributed by atoms with Gasteiger partial charge in [-0.05, 0) is 38.4 Å². The van der Waals surface area contributed by atoms with E-state index in [1.807, 2.05) is 20.8 Å². The minimum absolute atomic E-state index is 0.00634. The summed E-state index contributed by atoms with van der Waals surface area (Å²) in [7, 11) is 0. The third-order valence-corrected chi connectivity index (χ3v) is 3.40. The Hall–Kier alpha value is -1.35. The quantitative estimate of drug-likeness (QED) is 0.827. The van der Waals surface area contributed by atoms with Crippen molar-refractivity contribution in [3.05, 3.63) is 34.9 Å². The van der Waals surface area contributed by atoms with Crippen LogP contribution in [0.4, 0.5) is 0 Å². The molecule has 0 bridgehead atoms. The molecule has 19 heavy (non-hydrogen) atoms. The van der Waals surface area contributed by atoms with Crippen LogP contribution in [0.1, 0.15) is 43.5 Å². The zero-order valence-corrected chi connectivity index (χ0v) is 12.7. The number of nitrogens with one attached hydrogen (secondary N) is 2. The zero-order chi connectivity index (χ0) is 14.4.